The minimum atomic E-state index is -0.690. The molecule has 0 aromatic heterocycles. The van der Waals surface area contributed by atoms with E-state index in [1.54, 1.807) is 36.4 Å². The molecule has 5 heteroatoms. The van der Waals surface area contributed by atoms with Crippen LogP contribution in [0.4, 0.5) is 0 Å². The Balaban J connectivity index is 2.12. The van der Waals surface area contributed by atoms with E-state index in [0.717, 1.165) is 11.1 Å². The normalized spacial score (nSPS) is 11.9. The zero-order valence-corrected chi connectivity index (χ0v) is 14.7. The Morgan fingerprint density at radius 1 is 1.00 bits per heavy atom. The minimum absolute atomic E-state index is 0.438. The van der Waals surface area contributed by atoms with E-state index in [4.69, 9.17) is 32.7 Å². The van der Waals surface area contributed by atoms with Crippen molar-refractivity contribution in [1.82, 2.24) is 0 Å². The SMILES string of the molecule is CCC(Oc1ccc(Cl)cc1C)C(=O)Oc1ccc(Cl)cc1C. The lowest BCUT2D eigenvalue weighted by atomic mass is 10.2. The molecule has 0 fully saturated rings. The number of aryl methyl sites for hydroxylation is 2. The fourth-order valence-electron chi connectivity index (χ4n) is 2.10. The Bertz CT molecular complexity index is 713. The molecule has 0 radical (unpaired) electrons. The van der Waals surface area contributed by atoms with Gasteiger partial charge >= 0.3 is 5.97 Å². The average Bonchev–Trinajstić information content (AvgIpc) is 2.49. The van der Waals surface area contributed by atoms with Crippen LogP contribution in [0.5, 0.6) is 11.5 Å². The number of carbonyl (C=O) groups is 1. The quantitative estimate of drug-likeness (QED) is 0.535. The second-order valence-electron chi connectivity index (χ2n) is 5.26. The second-order valence-corrected chi connectivity index (χ2v) is 6.13. The summed E-state index contributed by atoms with van der Waals surface area (Å²) in [6.07, 6.45) is -0.196. The number of halogens is 2. The van der Waals surface area contributed by atoms with Gasteiger partial charge in [-0.15, -0.1) is 0 Å². The Morgan fingerprint density at radius 2 is 1.52 bits per heavy atom. The molecule has 2 rings (SSSR count). The third kappa shape index (κ3) is 4.63. The second kappa shape index (κ2) is 7.71. The van der Waals surface area contributed by atoms with Gasteiger partial charge in [0.15, 0.2) is 6.10 Å². The molecule has 0 bridgehead atoms. The molecule has 0 N–H and O–H groups in total. The maximum atomic E-state index is 12.4. The van der Waals surface area contributed by atoms with E-state index in [1.807, 2.05) is 20.8 Å². The summed E-state index contributed by atoms with van der Waals surface area (Å²) in [4.78, 5) is 12.4. The lowest BCUT2D eigenvalue weighted by Crippen LogP contribution is -2.31. The Labute approximate surface area is 146 Å². The predicted octanol–water partition coefficient (Wildman–Crippen LogP) is 5.37. The Hall–Kier alpha value is -1.71. The van der Waals surface area contributed by atoms with Crippen molar-refractivity contribution >= 4 is 29.2 Å². The zero-order chi connectivity index (χ0) is 17.0. The van der Waals surface area contributed by atoms with Gasteiger partial charge in [0.05, 0.1) is 0 Å². The summed E-state index contributed by atoms with van der Waals surface area (Å²) in [6.45, 7) is 5.58. The highest BCUT2D eigenvalue weighted by molar-refractivity contribution is 6.31. The predicted molar refractivity (Wildman–Crippen MR) is 92.7 cm³/mol. The summed E-state index contributed by atoms with van der Waals surface area (Å²) >= 11 is 11.8. The van der Waals surface area contributed by atoms with Gasteiger partial charge in [-0.25, -0.2) is 4.79 Å². The number of hydrogen-bond donors (Lipinski definition) is 0. The fourth-order valence-corrected chi connectivity index (χ4v) is 2.55. The van der Waals surface area contributed by atoms with Crippen molar-refractivity contribution < 1.29 is 14.3 Å². The van der Waals surface area contributed by atoms with Crippen molar-refractivity contribution in [1.29, 1.82) is 0 Å². The molecule has 23 heavy (non-hydrogen) atoms. The van der Waals surface area contributed by atoms with Crippen LogP contribution in [0, 0.1) is 13.8 Å². The molecule has 0 aliphatic heterocycles. The number of rotatable bonds is 5. The number of esters is 1. The van der Waals surface area contributed by atoms with Crippen molar-refractivity contribution in [3.63, 3.8) is 0 Å². The van der Waals surface area contributed by atoms with Crippen LogP contribution in [0.15, 0.2) is 36.4 Å². The molecule has 0 saturated carbocycles. The summed E-state index contributed by atoms with van der Waals surface area (Å²) in [6, 6.07) is 10.4. The summed E-state index contributed by atoms with van der Waals surface area (Å²) in [5.41, 5.74) is 1.66. The molecule has 2 aromatic rings. The van der Waals surface area contributed by atoms with E-state index in [9.17, 15) is 4.79 Å². The van der Waals surface area contributed by atoms with Gasteiger partial charge in [0.1, 0.15) is 11.5 Å². The maximum Gasteiger partial charge on any atom is 0.352 e. The number of hydrogen-bond acceptors (Lipinski definition) is 3. The molecule has 0 aliphatic carbocycles. The topological polar surface area (TPSA) is 35.5 Å². The van der Waals surface area contributed by atoms with Gasteiger partial charge in [0.2, 0.25) is 0 Å². The van der Waals surface area contributed by atoms with Gasteiger partial charge in [-0.2, -0.15) is 0 Å². The highest BCUT2D eigenvalue weighted by atomic mass is 35.5. The molecule has 0 heterocycles. The van der Waals surface area contributed by atoms with Gasteiger partial charge in [-0.3, -0.25) is 0 Å². The van der Waals surface area contributed by atoms with Gasteiger partial charge in [-0.05, 0) is 67.8 Å². The van der Waals surface area contributed by atoms with Gasteiger partial charge in [-0.1, -0.05) is 30.1 Å². The average molecular weight is 353 g/mol. The van der Waals surface area contributed by atoms with Crippen LogP contribution < -0.4 is 9.47 Å². The minimum Gasteiger partial charge on any atom is -0.478 e. The molecule has 3 nitrogen and oxygen atoms in total. The first-order valence-electron chi connectivity index (χ1n) is 7.31. The fraction of sp³-hybridized carbons (Fsp3) is 0.278. The van der Waals surface area contributed by atoms with Crippen molar-refractivity contribution in [2.45, 2.75) is 33.3 Å². The van der Waals surface area contributed by atoms with Crippen molar-refractivity contribution in [3.05, 3.63) is 57.6 Å². The van der Waals surface area contributed by atoms with Gasteiger partial charge < -0.3 is 9.47 Å². The van der Waals surface area contributed by atoms with Crippen LogP contribution in [-0.4, -0.2) is 12.1 Å². The van der Waals surface area contributed by atoms with E-state index in [2.05, 4.69) is 0 Å². The standard InChI is InChI=1S/C18H18Cl2O3/c1-4-15(22-16-7-5-13(19)9-11(16)2)18(21)23-17-8-6-14(20)10-12(17)3/h5-10,15H,4H2,1-3H3. The van der Waals surface area contributed by atoms with E-state index in [-0.39, 0.29) is 0 Å². The number of carbonyl (C=O) groups excluding carboxylic acids is 1. The molecular formula is C18H18Cl2O3. The molecule has 0 aliphatic rings. The molecule has 0 spiro atoms. The van der Waals surface area contributed by atoms with E-state index >= 15 is 0 Å². The highest BCUT2D eigenvalue weighted by Gasteiger charge is 2.22. The molecular weight excluding hydrogens is 335 g/mol. The number of ether oxygens (including phenoxy) is 2. The first kappa shape index (κ1) is 17.6. The van der Waals surface area contributed by atoms with Crippen LogP contribution in [0.2, 0.25) is 10.0 Å². The summed E-state index contributed by atoms with van der Waals surface area (Å²) in [5.74, 6) is 0.660. The smallest absolute Gasteiger partial charge is 0.352 e. The third-order valence-electron chi connectivity index (χ3n) is 3.39. The number of benzene rings is 2. The van der Waals surface area contributed by atoms with Gasteiger partial charge in [0.25, 0.3) is 0 Å². The van der Waals surface area contributed by atoms with Crippen LogP contribution in [0.1, 0.15) is 24.5 Å². The first-order chi connectivity index (χ1) is 10.9. The van der Waals surface area contributed by atoms with Crippen molar-refractivity contribution in [2.75, 3.05) is 0 Å². The molecule has 1 unspecified atom stereocenters. The van der Waals surface area contributed by atoms with Crippen LogP contribution in [-0.2, 0) is 4.79 Å². The van der Waals surface area contributed by atoms with Gasteiger partial charge in [0, 0.05) is 10.0 Å². The van der Waals surface area contributed by atoms with Crippen LogP contribution >= 0.6 is 23.2 Å². The van der Waals surface area contributed by atoms with Crippen molar-refractivity contribution in [2.24, 2.45) is 0 Å². The third-order valence-corrected chi connectivity index (χ3v) is 3.86. The largest absolute Gasteiger partial charge is 0.478 e. The van der Waals surface area contributed by atoms with E-state index < -0.39 is 12.1 Å². The maximum absolute atomic E-state index is 12.4. The summed E-state index contributed by atoms with van der Waals surface area (Å²) in [5, 5.41) is 1.23. The molecule has 0 amide bonds. The van der Waals surface area contributed by atoms with Crippen LogP contribution in [0.25, 0.3) is 0 Å². The van der Waals surface area contributed by atoms with E-state index in [1.165, 1.54) is 0 Å². The summed E-state index contributed by atoms with van der Waals surface area (Å²) in [7, 11) is 0. The van der Waals surface area contributed by atoms with Crippen LogP contribution in [0.3, 0.4) is 0 Å². The lowest BCUT2D eigenvalue weighted by Gasteiger charge is -2.18. The monoisotopic (exact) mass is 352 g/mol. The Kier molecular flexibility index (Phi) is 5.91. The molecule has 122 valence electrons. The molecule has 1 atom stereocenters. The first-order valence-corrected chi connectivity index (χ1v) is 8.07. The van der Waals surface area contributed by atoms with E-state index in [0.29, 0.717) is 28.0 Å². The summed E-state index contributed by atoms with van der Waals surface area (Å²) < 4.78 is 11.2. The highest BCUT2D eigenvalue weighted by Crippen LogP contribution is 2.25. The molecule has 2 aromatic carbocycles. The zero-order valence-electron chi connectivity index (χ0n) is 13.2. The Morgan fingerprint density at radius 3 is 2.00 bits per heavy atom. The van der Waals surface area contributed by atoms with Crippen molar-refractivity contribution in [3.8, 4) is 11.5 Å². The lowest BCUT2D eigenvalue weighted by molar-refractivity contribution is -0.142. The molecule has 0 saturated heterocycles.